The third kappa shape index (κ3) is 2.93. The van der Waals surface area contributed by atoms with Crippen molar-refractivity contribution >= 4 is 27.5 Å². The molecule has 20 heavy (non-hydrogen) atoms. The van der Waals surface area contributed by atoms with Gasteiger partial charge in [-0.3, -0.25) is 4.79 Å². The molecule has 104 valence electrons. The molecule has 4 nitrogen and oxygen atoms in total. The van der Waals surface area contributed by atoms with E-state index in [1.165, 1.54) is 17.0 Å². The lowest BCUT2D eigenvalue weighted by atomic mass is 10.1. The lowest BCUT2D eigenvalue weighted by Crippen LogP contribution is -2.30. The van der Waals surface area contributed by atoms with Crippen molar-refractivity contribution in [2.24, 2.45) is 0 Å². The molecule has 0 aliphatic rings. The van der Waals surface area contributed by atoms with E-state index in [4.69, 9.17) is 0 Å². The van der Waals surface area contributed by atoms with Gasteiger partial charge in [0.15, 0.2) is 0 Å². The van der Waals surface area contributed by atoms with Crippen molar-refractivity contribution in [1.29, 1.82) is 0 Å². The molecular weight excluding hydrogens is 322 g/mol. The average molecular weight is 336 g/mol. The topological polar surface area (TPSA) is 60.8 Å². The van der Waals surface area contributed by atoms with Gasteiger partial charge in [0.2, 0.25) is 0 Å². The number of amides is 1. The molecule has 0 unspecified atom stereocenters. The molecule has 0 aromatic heterocycles. The highest BCUT2D eigenvalue weighted by Gasteiger charge is 2.17. The van der Waals surface area contributed by atoms with Crippen molar-refractivity contribution in [3.05, 3.63) is 52.5 Å². The summed E-state index contributed by atoms with van der Waals surface area (Å²) in [6.07, 6.45) is 0. The number of rotatable bonds is 3. The van der Waals surface area contributed by atoms with Crippen LogP contribution in [0.15, 0.2) is 46.9 Å². The molecule has 5 heteroatoms. The van der Waals surface area contributed by atoms with Crippen LogP contribution in [0.4, 0.5) is 5.69 Å². The molecule has 0 saturated carbocycles. The summed E-state index contributed by atoms with van der Waals surface area (Å²) >= 11 is 3.18. The number of nitrogens with zero attached hydrogens (tertiary/aromatic N) is 1. The van der Waals surface area contributed by atoms with E-state index in [-0.39, 0.29) is 17.4 Å². The Labute approximate surface area is 125 Å². The van der Waals surface area contributed by atoms with E-state index < -0.39 is 0 Å². The second-order valence-corrected chi connectivity index (χ2v) is 5.09. The number of benzene rings is 2. The minimum atomic E-state index is -0.235. The van der Waals surface area contributed by atoms with Gasteiger partial charge in [-0.05, 0) is 53.2 Å². The summed E-state index contributed by atoms with van der Waals surface area (Å²) in [5, 5.41) is 19.2. The lowest BCUT2D eigenvalue weighted by Gasteiger charge is -2.21. The van der Waals surface area contributed by atoms with Crippen molar-refractivity contribution in [3.8, 4) is 11.5 Å². The third-order valence-electron chi connectivity index (χ3n) is 2.90. The molecule has 2 rings (SSSR count). The highest BCUT2D eigenvalue weighted by Crippen LogP contribution is 2.27. The Hall–Kier alpha value is -2.01. The SMILES string of the molecule is CCN(C(=O)c1ccc(Br)c(O)c1)c1cccc(O)c1. The number of hydrogen-bond acceptors (Lipinski definition) is 3. The Kier molecular flexibility index (Phi) is 4.29. The summed E-state index contributed by atoms with van der Waals surface area (Å²) in [6, 6.07) is 11.2. The van der Waals surface area contributed by atoms with E-state index >= 15 is 0 Å². The van der Waals surface area contributed by atoms with Crippen LogP contribution in [-0.4, -0.2) is 22.7 Å². The van der Waals surface area contributed by atoms with Gasteiger partial charge in [0.05, 0.1) is 4.47 Å². The maximum Gasteiger partial charge on any atom is 0.258 e. The number of hydrogen-bond donors (Lipinski definition) is 2. The third-order valence-corrected chi connectivity index (χ3v) is 3.57. The van der Waals surface area contributed by atoms with Gasteiger partial charge < -0.3 is 15.1 Å². The Morgan fingerprint density at radius 3 is 2.55 bits per heavy atom. The summed E-state index contributed by atoms with van der Waals surface area (Å²) in [7, 11) is 0. The molecule has 2 aromatic carbocycles. The van der Waals surface area contributed by atoms with Gasteiger partial charge in [0, 0.05) is 23.9 Å². The van der Waals surface area contributed by atoms with Crippen molar-refractivity contribution in [3.63, 3.8) is 0 Å². The fraction of sp³-hybridized carbons (Fsp3) is 0.133. The minimum absolute atomic E-state index is 0.0165. The number of carbonyl (C=O) groups excluding carboxylic acids is 1. The molecule has 0 saturated heterocycles. The zero-order valence-electron chi connectivity index (χ0n) is 10.9. The first-order valence-electron chi connectivity index (χ1n) is 6.12. The fourth-order valence-electron chi connectivity index (χ4n) is 1.91. The number of phenolic OH excluding ortho intramolecular Hbond substituents is 2. The Morgan fingerprint density at radius 1 is 1.20 bits per heavy atom. The van der Waals surface area contributed by atoms with Gasteiger partial charge in [-0.2, -0.15) is 0 Å². The fourth-order valence-corrected chi connectivity index (χ4v) is 2.15. The Bertz CT molecular complexity index is 643. The molecular formula is C15H14BrNO3. The molecule has 0 atom stereocenters. The van der Waals surface area contributed by atoms with Gasteiger partial charge in [0.25, 0.3) is 5.91 Å². The summed E-state index contributed by atoms with van der Waals surface area (Å²) < 4.78 is 0.537. The highest BCUT2D eigenvalue weighted by molar-refractivity contribution is 9.10. The molecule has 0 spiro atoms. The molecule has 2 aromatic rings. The van der Waals surface area contributed by atoms with Crippen molar-refractivity contribution in [2.45, 2.75) is 6.92 Å². The van der Waals surface area contributed by atoms with Crippen LogP contribution >= 0.6 is 15.9 Å². The van der Waals surface area contributed by atoms with Crippen LogP contribution in [-0.2, 0) is 0 Å². The normalized spacial score (nSPS) is 10.3. The van der Waals surface area contributed by atoms with Crippen LogP contribution < -0.4 is 4.90 Å². The molecule has 0 heterocycles. The molecule has 2 N–H and O–H groups in total. The van der Waals surface area contributed by atoms with E-state index in [2.05, 4.69) is 15.9 Å². The standard InChI is InChI=1S/C15H14BrNO3/c1-2-17(11-4-3-5-12(18)9-11)15(20)10-6-7-13(16)14(19)8-10/h3-9,18-19H,2H2,1H3. The second-order valence-electron chi connectivity index (χ2n) is 4.24. The van der Waals surface area contributed by atoms with E-state index in [1.807, 2.05) is 6.92 Å². The quantitative estimate of drug-likeness (QED) is 0.901. The number of halogens is 1. The predicted octanol–water partition coefficient (Wildman–Crippen LogP) is 3.53. The highest BCUT2D eigenvalue weighted by atomic mass is 79.9. The van der Waals surface area contributed by atoms with Crippen LogP contribution in [0.3, 0.4) is 0 Å². The first kappa shape index (κ1) is 14.4. The molecule has 0 radical (unpaired) electrons. The number of aromatic hydroxyl groups is 2. The summed E-state index contributed by atoms with van der Waals surface area (Å²) in [6.45, 7) is 2.31. The predicted molar refractivity (Wildman–Crippen MR) is 81.3 cm³/mol. The molecule has 1 amide bonds. The maximum atomic E-state index is 12.5. The zero-order chi connectivity index (χ0) is 14.7. The van der Waals surface area contributed by atoms with Gasteiger partial charge in [-0.1, -0.05) is 6.07 Å². The molecule has 0 aliphatic carbocycles. The van der Waals surface area contributed by atoms with E-state index in [1.54, 1.807) is 30.3 Å². The van der Waals surface area contributed by atoms with E-state index in [0.29, 0.717) is 22.3 Å². The van der Waals surface area contributed by atoms with Gasteiger partial charge in [0.1, 0.15) is 11.5 Å². The summed E-state index contributed by atoms with van der Waals surface area (Å²) in [4.78, 5) is 14.0. The maximum absolute atomic E-state index is 12.5. The average Bonchev–Trinajstić information content (AvgIpc) is 2.42. The second kappa shape index (κ2) is 5.96. The smallest absolute Gasteiger partial charge is 0.258 e. The molecule has 0 bridgehead atoms. The van der Waals surface area contributed by atoms with E-state index in [0.717, 1.165) is 0 Å². The zero-order valence-corrected chi connectivity index (χ0v) is 12.5. The number of anilines is 1. The van der Waals surface area contributed by atoms with Crippen LogP contribution in [0.2, 0.25) is 0 Å². The van der Waals surface area contributed by atoms with Crippen molar-refractivity contribution in [2.75, 3.05) is 11.4 Å². The molecule has 0 fully saturated rings. The summed E-state index contributed by atoms with van der Waals surface area (Å²) in [5.74, 6) is -0.115. The number of phenols is 2. The first-order chi connectivity index (χ1) is 9.52. The van der Waals surface area contributed by atoms with Gasteiger partial charge >= 0.3 is 0 Å². The largest absolute Gasteiger partial charge is 0.508 e. The van der Waals surface area contributed by atoms with Crippen LogP contribution in [0, 0.1) is 0 Å². The summed E-state index contributed by atoms with van der Waals surface area (Å²) in [5.41, 5.74) is 0.996. The van der Waals surface area contributed by atoms with Crippen LogP contribution in [0.25, 0.3) is 0 Å². The first-order valence-corrected chi connectivity index (χ1v) is 6.91. The number of carbonyl (C=O) groups is 1. The van der Waals surface area contributed by atoms with Crippen LogP contribution in [0.5, 0.6) is 11.5 Å². The Balaban J connectivity index is 2.36. The van der Waals surface area contributed by atoms with E-state index in [9.17, 15) is 15.0 Å². The monoisotopic (exact) mass is 335 g/mol. The lowest BCUT2D eigenvalue weighted by molar-refractivity contribution is 0.0988. The minimum Gasteiger partial charge on any atom is -0.508 e. The Morgan fingerprint density at radius 2 is 1.95 bits per heavy atom. The molecule has 0 aliphatic heterocycles. The van der Waals surface area contributed by atoms with Gasteiger partial charge in [-0.15, -0.1) is 0 Å². The van der Waals surface area contributed by atoms with Crippen molar-refractivity contribution < 1.29 is 15.0 Å². The van der Waals surface area contributed by atoms with Crippen LogP contribution in [0.1, 0.15) is 17.3 Å². The van der Waals surface area contributed by atoms with Gasteiger partial charge in [-0.25, -0.2) is 0 Å². The van der Waals surface area contributed by atoms with Crippen molar-refractivity contribution in [1.82, 2.24) is 0 Å².